The molecule has 2 N–H and O–H groups in total. The van der Waals surface area contributed by atoms with Crippen molar-refractivity contribution in [1.82, 2.24) is 14.5 Å². The molecule has 1 amide bonds. The first-order valence-electron chi connectivity index (χ1n) is 12.9. The van der Waals surface area contributed by atoms with Crippen LogP contribution in [0.25, 0.3) is 0 Å². The molecule has 2 unspecified atom stereocenters. The Bertz CT molecular complexity index is 1310. The van der Waals surface area contributed by atoms with Crippen molar-refractivity contribution >= 4 is 11.6 Å². The standard InChI is InChI=1S/C28H41FN4O6/c1-16(2)22(30-26(36)28(6,7)8)14-33-25(35)21(18(5)31-39-17(3)4)13-32(27(33)37)15-23(34)20-12-19(29)10-11-24(20)38-9/h10-13,16-17,22-23,34H,14-15H2,1-9H3,(H,30,36)/b31-18-. The number of halogens is 1. The lowest BCUT2D eigenvalue weighted by atomic mass is 9.94. The molecule has 39 heavy (non-hydrogen) atoms. The highest BCUT2D eigenvalue weighted by molar-refractivity contribution is 5.97. The van der Waals surface area contributed by atoms with E-state index in [0.717, 1.165) is 10.6 Å². The van der Waals surface area contributed by atoms with Gasteiger partial charge in [-0.2, -0.15) is 0 Å². The van der Waals surface area contributed by atoms with Gasteiger partial charge in [0.1, 0.15) is 23.8 Å². The van der Waals surface area contributed by atoms with Gasteiger partial charge in [0.15, 0.2) is 0 Å². The Balaban J connectivity index is 2.65. The monoisotopic (exact) mass is 548 g/mol. The number of nitrogens with zero attached hydrogens (tertiary/aromatic N) is 3. The van der Waals surface area contributed by atoms with Gasteiger partial charge in [-0.3, -0.25) is 18.7 Å². The summed E-state index contributed by atoms with van der Waals surface area (Å²) < 4.78 is 21.4. The minimum absolute atomic E-state index is 0.0818. The number of carbonyl (C=O) groups is 1. The number of hydrogen-bond donors (Lipinski definition) is 2. The van der Waals surface area contributed by atoms with Crippen molar-refractivity contribution in [2.45, 2.75) is 86.7 Å². The highest BCUT2D eigenvalue weighted by Gasteiger charge is 2.27. The van der Waals surface area contributed by atoms with Crippen LogP contribution in [0.15, 0.2) is 39.1 Å². The average molecular weight is 549 g/mol. The maximum absolute atomic E-state index is 14.0. The Labute approximate surface area is 228 Å². The number of aliphatic hydroxyl groups excluding tert-OH is 1. The Hall–Kier alpha value is -3.47. The first-order valence-corrected chi connectivity index (χ1v) is 12.9. The molecule has 10 nitrogen and oxygen atoms in total. The number of aliphatic hydroxyl groups is 1. The van der Waals surface area contributed by atoms with Crippen molar-refractivity contribution in [2.24, 2.45) is 16.5 Å². The third-order valence-corrected chi connectivity index (χ3v) is 6.13. The summed E-state index contributed by atoms with van der Waals surface area (Å²) in [5.41, 5.74) is -1.53. The summed E-state index contributed by atoms with van der Waals surface area (Å²) in [5.74, 6) is -0.660. The van der Waals surface area contributed by atoms with Crippen LogP contribution in [0, 0.1) is 17.2 Å². The van der Waals surface area contributed by atoms with Crippen molar-refractivity contribution in [3.8, 4) is 5.75 Å². The van der Waals surface area contributed by atoms with Crippen LogP contribution in [0.2, 0.25) is 0 Å². The summed E-state index contributed by atoms with van der Waals surface area (Å²) in [4.78, 5) is 45.2. The maximum atomic E-state index is 14.0. The fourth-order valence-electron chi connectivity index (χ4n) is 3.68. The summed E-state index contributed by atoms with van der Waals surface area (Å²) in [6.07, 6.45) is -0.275. The van der Waals surface area contributed by atoms with Crippen molar-refractivity contribution in [3.63, 3.8) is 0 Å². The van der Waals surface area contributed by atoms with Crippen LogP contribution in [-0.4, -0.2) is 45.1 Å². The molecule has 2 rings (SSSR count). The minimum Gasteiger partial charge on any atom is -0.496 e. The smallest absolute Gasteiger partial charge is 0.331 e. The first kappa shape index (κ1) is 31.7. The predicted octanol–water partition coefficient (Wildman–Crippen LogP) is 3.23. The molecule has 0 aliphatic heterocycles. The van der Waals surface area contributed by atoms with Crippen molar-refractivity contribution in [1.29, 1.82) is 0 Å². The zero-order chi connectivity index (χ0) is 29.7. The summed E-state index contributed by atoms with van der Waals surface area (Å²) in [6, 6.07) is 3.18. The van der Waals surface area contributed by atoms with E-state index in [1.165, 1.54) is 30.0 Å². The first-order chi connectivity index (χ1) is 18.1. The number of benzene rings is 1. The van der Waals surface area contributed by atoms with E-state index in [9.17, 15) is 23.9 Å². The molecule has 0 aliphatic carbocycles. The number of methoxy groups -OCH3 is 1. The van der Waals surface area contributed by atoms with E-state index in [0.29, 0.717) is 0 Å². The lowest BCUT2D eigenvalue weighted by Gasteiger charge is -2.27. The number of amides is 1. The highest BCUT2D eigenvalue weighted by Crippen LogP contribution is 2.27. The molecule has 2 aromatic rings. The zero-order valence-electron chi connectivity index (χ0n) is 24.2. The number of nitrogens with one attached hydrogen (secondary N) is 1. The number of oxime groups is 1. The van der Waals surface area contributed by atoms with Gasteiger partial charge < -0.3 is 20.0 Å². The van der Waals surface area contributed by atoms with Gasteiger partial charge in [0.25, 0.3) is 5.56 Å². The molecule has 2 atom stereocenters. The van der Waals surface area contributed by atoms with E-state index in [2.05, 4.69) is 10.5 Å². The van der Waals surface area contributed by atoms with E-state index in [1.807, 2.05) is 13.8 Å². The number of rotatable bonds is 11. The fourth-order valence-corrected chi connectivity index (χ4v) is 3.68. The van der Waals surface area contributed by atoms with E-state index in [-0.39, 0.29) is 53.6 Å². The van der Waals surface area contributed by atoms with Crippen LogP contribution in [0.4, 0.5) is 4.39 Å². The maximum Gasteiger partial charge on any atom is 0.331 e. The van der Waals surface area contributed by atoms with E-state index in [1.54, 1.807) is 41.5 Å². The number of hydrogen-bond acceptors (Lipinski definition) is 7. The molecule has 1 aromatic heterocycles. The van der Waals surface area contributed by atoms with Gasteiger partial charge in [-0.25, -0.2) is 9.18 Å². The van der Waals surface area contributed by atoms with Crippen LogP contribution in [0.3, 0.4) is 0 Å². The van der Waals surface area contributed by atoms with Crippen LogP contribution in [0.5, 0.6) is 5.75 Å². The molecular weight excluding hydrogens is 507 g/mol. The van der Waals surface area contributed by atoms with Gasteiger partial charge in [-0.15, -0.1) is 0 Å². The topological polar surface area (TPSA) is 124 Å². The summed E-state index contributed by atoms with van der Waals surface area (Å²) in [7, 11) is 1.39. The molecule has 0 bridgehead atoms. The Morgan fingerprint density at radius 2 is 1.79 bits per heavy atom. The number of aromatic nitrogens is 2. The summed E-state index contributed by atoms with van der Waals surface area (Å²) in [6.45, 7) is 13.8. The molecule has 0 radical (unpaired) electrons. The van der Waals surface area contributed by atoms with Gasteiger partial charge in [0, 0.05) is 23.2 Å². The SMILES string of the molecule is COc1ccc(F)cc1C(O)Cn1cc(/C(C)=N\OC(C)C)c(=O)n(CC(NC(=O)C(C)(C)C)C(C)C)c1=O. The molecule has 1 aromatic carbocycles. The third kappa shape index (κ3) is 8.26. The molecule has 0 saturated carbocycles. The second-order valence-electron chi connectivity index (χ2n) is 11.2. The second kappa shape index (κ2) is 13.1. The number of carbonyl (C=O) groups excluding carboxylic acids is 1. The molecule has 11 heteroatoms. The van der Waals surface area contributed by atoms with Gasteiger partial charge in [-0.1, -0.05) is 39.8 Å². The molecule has 216 valence electrons. The largest absolute Gasteiger partial charge is 0.496 e. The second-order valence-corrected chi connectivity index (χ2v) is 11.2. The fraction of sp³-hybridized carbons (Fsp3) is 0.571. The normalized spacial score (nSPS) is 13.9. The third-order valence-electron chi connectivity index (χ3n) is 6.13. The summed E-state index contributed by atoms with van der Waals surface area (Å²) >= 11 is 0. The van der Waals surface area contributed by atoms with Crippen molar-refractivity contribution in [2.75, 3.05) is 7.11 Å². The quantitative estimate of drug-likeness (QED) is 0.328. The minimum atomic E-state index is -1.34. The van der Waals surface area contributed by atoms with Crippen LogP contribution in [0.1, 0.15) is 72.6 Å². The molecule has 1 heterocycles. The van der Waals surface area contributed by atoms with Gasteiger partial charge in [0.2, 0.25) is 5.91 Å². The Morgan fingerprint density at radius 1 is 1.15 bits per heavy atom. The van der Waals surface area contributed by atoms with Crippen molar-refractivity contribution in [3.05, 3.63) is 62.2 Å². The summed E-state index contributed by atoms with van der Waals surface area (Å²) in [5, 5.41) is 17.9. The van der Waals surface area contributed by atoms with Crippen LogP contribution in [-0.2, 0) is 22.7 Å². The van der Waals surface area contributed by atoms with E-state index in [4.69, 9.17) is 9.57 Å². The van der Waals surface area contributed by atoms with Gasteiger partial charge in [-0.05, 0) is 44.9 Å². The van der Waals surface area contributed by atoms with Crippen LogP contribution < -0.4 is 21.3 Å². The Kier molecular flexibility index (Phi) is 10.6. The molecule has 0 fully saturated rings. The lowest BCUT2D eigenvalue weighted by molar-refractivity contribution is -0.129. The average Bonchev–Trinajstić information content (AvgIpc) is 2.84. The van der Waals surface area contributed by atoms with Crippen molar-refractivity contribution < 1.29 is 23.9 Å². The van der Waals surface area contributed by atoms with Gasteiger partial charge in [0.05, 0.1) is 31.5 Å². The molecule has 0 saturated heterocycles. The van der Waals surface area contributed by atoms with Gasteiger partial charge >= 0.3 is 5.69 Å². The predicted molar refractivity (Wildman–Crippen MR) is 148 cm³/mol. The number of ether oxygens (including phenoxy) is 1. The molecular formula is C28H41FN4O6. The highest BCUT2D eigenvalue weighted by atomic mass is 19.1. The van der Waals surface area contributed by atoms with Crippen LogP contribution >= 0.6 is 0 Å². The zero-order valence-corrected chi connectivity index (χ0v) is 24.2. The van der Waals surface area contributed by atoms with E-state index < -0.39 is 34.6 Å². The molecule has 0 spiro atoms. The molecule has 0 aliphatic rings. The Morgan fingerprint density at radius 3 is 2.33 bits per heavy atom. The van der Waals surface area contributed by atoms with E-state index >= 15 is 0 Å². The lowest BCUT2D eigenvalue weighted by Crippen LogP contribution is -2.51.